The van der Waals surface area contributed by atoms with E-state index in [9.17, 15) is 4.79 Å². The van der Waals surface area contributed by atoms with E-state index in [4.69, 9.17) is 10.5 Å². The Hall–Kier alpha value is -2.82. The fraction of sp³-hybridized carbons (Fsp3) is 0.125. The lowest BCUT2D eigenvalue weighted by Crippen LogP contribution is -2.20. The Balaban J connectivity index is 2.15. The Morgan fingerprint density at radius 1 is 1.19 bits per heavy atom. The highest BCUT2D eigenvalue weighted by Crippen LogP contribution is 2.16. The van der Waals surface area contributed by atoms with Gasteiger partial charge in [-0.15, -0.1) is 0 Å². The molecule has 0 aliphatic carbocycles. The third-order valence-corrected chi connectivity index (χ3v) is 2.98. The number of hydrogen-bond donors (Lipinski definition) is 2. The van der Waals surface area contributed by atoms with Crippen LogP contribution < -0.4 is 15.9 Å². The second kappa shape index (κ2) is 6.56. The van der Waals surface area contributed by atoms with Gasteiger partial charge in [0.15, 0.2) is 0 Å². The lowest BCUT2D eigenvalue weighted by Gasteiger charge is -2.07. The summed E-state index contributed by atoms with van der Waals surface area (Å²) in [5.41, 5.74) is 10.9. The number of carbonyl (C=O) groups excluding carboxylic acids is 1. The first-order valence-corrected chi connectivity index (χ1v) is 6.45. The molecule has 3 N–H and O–H groups in total. The molecule has 0 aliphatic heterocycles. The van der Waals surface area contributed by atoms with Crippen LogP contribution in [-0.4, -0.2) is 18.7 Å². The number of nitrogens with one attached hydrogen (secondary N) is 1. The van der Waals surface area contributed by atoms with Gasteiger partial charge in [-0.25, -0.2) is 5.43 Å². The lowest BCUT2D eigenvalue weighted by molar-refractivity contribution is 0.0952. The van der Waals surface area contributed by atoms with Crippen LogP contribution >= 0.6 is 0 Å². The molecule has 2 aromatic rings. The molecule has 0 bridgehead atoms. The van der Waals surface area contributed by atoms with Crippen molar-refractivity contribution in [1.82, 2.24) is 5.43 Å². The number of nitrogens with zero attached hydrogens (tertiary/aromatic N) is 1. The van der Waals surface area contributed by atoms with Gasteiger partial charge in [-0.3, -0.25) is 4.79 Å². The summed E-state index contributed by atoms with van der Waals surface area (Å²) in [7, 11) is 1.52. The van der Waals surface area contributed by atoms with Crippen LogP contribution in [0.3, 0.4) is 0 Å². The van der Waals surface area contributed by atoms with E-state index in [0.717, 1.165) is 5.56 Å². The van der Waals surface area contributed by atoms with Crippen LogP contribution in [0.25, 0.3) is 0 Å². The second-order valence-corrected chi connectivity index (χ2v) is 4.46. The number of nitrogen functional groups attached to an aromatic ring is 1. The zero-order chi connectivity index (χ0) is 15.2. The number of methoxy groups -OCH3 is 1. The summed E-state index contributed by atoms with van der Waals surface area (Å²) in [6, 6.07) is 14.3. The fourth-order valence-electron chi connectivity index (χ4n) is 1.86. The average Bonchev–Trinajstić information content (AvgIpc) is 2.52. The van der Waals surface area contributed by atoms with Crippen LogP contribution in [0.4, 0.5) is 5.69 Å². The molecule has 0 spiro atoms. The third-order valence-electron chi connectivity index (χ3n) is 2.98. The highest BCUT2D eigenvalue weighted by atomic mass is 16.5. The van der Waals surface area contributed by atoms with E-state index >= 15 is 0 Å². The average molecular weight is 283 g/mol. The van der Waals surface area contributed by atoms with E-state index in [0.29, 0.717) is 22.7 Å². The number of nitrogens with two attached hydrogens (primary N) is 1. The lowest BCUT2D eigenvalue weighted by atomic mass is 10.1. The van der Waals surface area contributed by atoms with Gasteiger partial charge in [0.05, 0.1) is 18.4 Å². The molecule has 0 radical (unpaired) electrons. The van der Waals surface area contributed by atoms with E-state index in [1.165, 1.54) is 7.11 Å². The molecule has 0 unspecified atom stereocenters. The maximum Gasteiger partial charge on any atom is 0.275 e. The molecule has 0 atom stereocenters. The second-order valence-electron chi connectivity index (χ2n) is 4.46. The van der Waals surface area contributed by atoms with Gasteiger partial charge < -0.3 is 10.5 Å². The monoisotopic (exact) mass is 283 g/mol. The summed E-state index contributed by atoms with van der Waals surface area (Å²) >= 11 is 0. The van der Waals surface area contributed by atoms with Crippen LogP contribution in [0.15, 0.2) is 53.6 Å². The van der Waals surface area contributed by atoms with Crippen LogP contribution in [0, 0.1) is 0 Å². The Bertz CT molecular complexity index is 681. The summed E-state index contributed by atoms with van der Waals surface area (Å²) in [5.74, 6) is 0.183. The maximum absolute atomic E-state index is 12.1. The van der Waals surface area contributed by atoms with Gasteiger partial charge in [0.2, 0.25) is 0 Å². The van der Waals surface area contributed by atoms with Crippen LogP contribution in [0.1, 0.15) is 22.8 Å². The number of amides is 1. The minimum atomic E-state index is -0.323. The van der Waals surface area contributed by atoms with Gasteiger partial charge in [-0.1, -0.05) is 24.3 Å². The van der Waals surface area contributed by atoms with Crippen molar-refractivity contribution >= 4 is 17.3 Å². The predicted octanol–water partition coefficient (Wildman–Crippen LogP) is 2.43. The molecule has 0 saturated carbocycles. The van der Waals surface area contributed by atoms with E-state index in [1.807, 2.05) is 12.1 Å². The third kappa shape index (κ3) is 3.60. The number of hydrogen-bond acceptors (Lipinski definition) is 4. The number of carbonyl (C=O) groups is 1. The molecular formula is C16H17N3O2. The molecule has 0 fully saturated rings. The standard InChI is InChI=1S/C16H17N3O2/c1-11(12-6-5-7-13(17)10-12)18-19-16(20)14-8-3-4-9-15(14)21-2/h3-10H,17H2,1-2H3,(H,19,20). The van der Waals surface area contributed by atoms with Crippen LogP contribution in [-0.2, 0) is 0 Å². The van der Waals surface area contributed by atoms with Crippen LogP contribution in [0.2, 0.25) is 0 Å². The number of hydrazone groups is 1. The van der Waals surface area contributed by atoms with Crippen molar-refractivity contribution in [3.05, 3.63) is 59.7 Å². The Morgan fingerprint density at radius 3 is 2.67 bits per heavy atom. The van der Waals surface area contributed by atoms with Gasteiger partial charge in [0, 0.05) is 5.69 Å². The molecule has 21 heavy (non-hydrogen) atoms. The summed E-state index contributed by atoms with van der Waals surface area (Å²) in [6.45, 7) is 1.80. The number of rotatable bonds is 4. The van der Waals surface area contributed by atoms with E-state index in [-0.39, 0.29) is 5.91 Å². The van der Waals surface area contributed by atoms with Crippen molar-refractivity contribution in [2.45, 2.75) is 6.92 Å². The number of ether oxygens (including phenoxy) is 1. The molecule has 0 aromatic heterocycles. The molecule has 108 valence electrons. The van der Waals surface area contributed by atoms with Crippen molar-refractivity contribution in [1.29, 1.82) is 0 Å². The Morgan fingerprint density at radius 2 is 1.95 bits per heavy atom. The SMILES string of the molecule is COc1ccccc1C(=O)NN=C(C)c1cccc(N)c1. The Kier molecular flexibility index (Phi) is 4.56. The smallest absolute Gasteiger partial charge is 0.275 e. The van der Waals surface area contributed by atoms with Crippen LogP contribution in [0.5, 0.6) is 5.75 Å². The zero-order valence-corrected chi connectivity index (χ0v) is 12.0. The highest BCUT2D eigenvalue weighted by molar-refractivity contribution is 6.02. The normalized spacial score (nSPS) is 11.0. The first-order chi connectivity index (χ1) is 10.1. The first kappa shape index (κ1) is 14.6. The minimum absolute atomic E-state index is 0.323. The van der Waals surface area contributed by atoms with E-state index in [2.05, 4.69) is 10.5 Å². The van der Waals surface area contributed by atoms with E-state index in [1.54, 1.807) is 43.3 Å². The van der Waals surface area contributed by atoms with Gasteiger partial charge in [-0.2, -0.15) is 5.10 Å². The van der Waals surface area contributed by atoms with Crippen molar-refractivity contribution in [2.24, 2.45) is 5.10 Å². The molecule has 2 aromatic carbocycles. The topological polar surface area (TPSA) is 76.7 Å². The summed E-state index contributed by atoms with van der Waals surface area (Å²) in [5, 5.41) is 4.09. The van der Waals surface area contributed by atoms with E-state index < -0.39 is 0 Å². The molecule has 1 amide bonds. The molecular weight excluding hydrogens is 266 g/mol. The molecule has 2 rings (SSSR count). The Labute approximate surface area is 123 Å². The predicted molar refractivity (Wildman–Crippen MR) is 83.5 cm³/mol. The number of para-hydroxylation sites is 1. The summed E-state index contributed by atoms with van der Waals surface area (Å²) < 4.78 is 5.15. The van der Waals surface area contributed by atoms with Gasteiger partial charge in [-0.05, 0) is 36.8 Å². The maximum atomic E-state index is 12.1. The van der Waals surface area contributed by atoms with Gasteiger partial charge in [0.1, 0.15) is 5.75 Å². The number of benzene rings is 2. The fourth-order valence-corrected chi connectivity index (χ4v) is 1.86. The quantitative estimate of drug-likeness (QED) is 0.514. The summed E-state index contributed by atoms with van der Waals surface area (Å²) in [6.07, 6.45) is 0. The van der Waals surface area contributed by atoms with Gasteiger partial charge in [0.25, 0.3) is 5.91 Å². The number of anilines is 1. The summed E-state index contributed by atoms with van der Waals surface area (Å²) in [4.78, 5) is 12.1. The van der Waals surface area contributed by atoms with Crippen molar-refractivity contribution in [3.63, 3.8) is 0 Å². The zero-order valence-electron chi connectivity index (χ0n) is 12.0. The molecule has 0 aliphatic rings. The van der Waals surface area contributed by atoms with Crippen molar-refractivity contribution < 1.29 is 9.53 Å². The largest absolute Gasteiger partial charge is 0.496 e. The molecule has 0 heterocycles. The van der Waals surface area contributed by atoms with Crippen molar-refractivity contribution in [2.75, 3.05) is 12.8 Å². The minimum Gasteiger partial charge on any atom is -0.496 e. The molecule has 5 nitrogen and oxygen atoms in total. The molecule has 5 heteroatoms. The highest BCUT2D eigenvalue weighted by Gasteiger charge is 2.10. The first-order valence-electron chi connectivity index (χ1n) is 6.45. The van der Waals surface area contributed by atoms with Crippen molar-refractivity contribution in [3.8, 4) is 5.75 Å². The van der Waals surface area contributed by atoms with Gasteiger partial charge >= 0.3 is 0 Å². The molecule has 0 saturated heterocycles.